The average Bonchev–Trinajstić information content (AvgIpc) is 3.90. The van der Waals surface area contributed by atoms with Gasteiger partial charge < -0.3 is 9.32 Å². The maximum atomic E-state index is 6.99. The van der Waals surface area contributed by atoms with E-state index in [1.807, 2.05) is 17.4 Å². The van der Waals surface area contributed by atoms with Gasteiger partial charge in [-0.15, -0.1) is 11.3 Å². The second kappa shape index (κ2) is 14.0. The highest BCUT2D eigenvalue weighted by Crippen LogP contribution is 2.52. The lowest BCUT2D eigenvalue weighted by Crippen LogP contribution is -2.18. The van der Waals surface area contributed by atoms with Crippen LogP contribution in [-0.2, 0) is 5.41 Å². The molecule has 0 radical (unpaired) electrons. The Hall–Kier alpha value is -6.16. The predicted octanol–water partition coefficient (Wildman–Crippen LogP) is 17.1. The second-order valence-electron chi connectivity index (χ2n) is 17.1. The van der Waals surface area contributed by atoms with E-state index in [4.69, 9.17) is 4.42 Å². The van der Waals surface area contributed by atoms with Gasteiger partial charge in [0.1, 0.15) is 11.2 Å². The molecule has 0 aliphatic heterocycles. The number of benzene rings is 7. The van der Waals surface area contributed by atoms with Gasteiger partial charge in [0.05, 0.1) is 5.69 Å². The smallest absolute Gasteiger partial charge is 0.138 e. The van der Waals surface area contributed by atoms with Crippen LogP contribution < -0.4 is 4.90 Å². The molecule has 9 aromatic rings. The molecule has 3 heteroatoms. The Kier molecular flexibility index (Phi) is 8.53. The van der Waals surface area contributed by atoms with Gasteiger partial charge in [-0.1, -0.05) is 137 Å². The maximum Gasteiger partial charge on any atom is 0.138 e. The number of allylic oxidation sites excluding steroid dienone is 5. The fourth-order valence-corrected chi connectivity index (χ4v) is 11.5. The first-order valence-electron chi connectivity index (χ1n) is 21.3. The molecule has 0 unspecified atom stereocenters. The second-order valence-corrected chi connectivity index (χ2v) is 18.2. The molecule has 0 bridgehead atoms. The molecule has 59 heavy (non-hydrogen) atoms. The number of furan rings is 1. The van der Waals surface area contributed by atoms with E-state index in [9.17, 15) is 0 Å². The summed E-state index contributed by atoms with van der Waals surface area (Å²) in [6.45, 7) is 11.1. The molecule has 0 spiro atoms. The first-order valence-corrected chi connectivity index (χ1v) is 22.1. The number of fused-ring (bicyclic) bond motifs is 8. The molecule has 0 amide bonds. The lowest BCUT2D eigenvalue weighted by atomic mass is 9.80. The molecule has 7 aromatic carbocycles. The van der Waals surface area contributed by atoms with Crippen LogP contribution in [0.4, 0.5) is 17.1 Å². The molecule has 2 aliphatic rings. The summed E-state index contributed by atoms with van der Waals surface area (Å²) in [5.41, 5.74) is 13.9. The van der Waals surface area contributed by atoms with Crippen molar-refractivity contribution >= 4 is 86.9 Å². The van der Waals surface area contributed by atoms with Gasteiger partial charge in [-0.3, -0.25) is 0 Å². The van der Waals surface area contributed by atoms with Crippen LogP contribution in [0.2, 0.25) is 0 Å². The fourth-order valence-electron chi connectivity index (χ4n) is 10.4. The number of para-hydroxylation sites is 1. The van der Waals surface area contributed by atoms with E-state index >= 15 is 0 Å². The minimum absolute atomic E-state index is 0.205. The minimum Gasteiger partial charge on any atom is -0.456 e. The Bertz CT molecular complexity index is 3220. The Labute approximate surface area is 350 Å². The van der Waals surface area contributed by atoms with Crippen molar-refractivity contribution in [2.24, 2.45) is 0 Å². The topological polar surface area (TPSA) is 16.4 Å². The van der Waals surface area contributed by atoms with Crippen LogP contribution in [0.15, 0.2) is 168 Å². The Morgan fingerprint density at radius 2 is 1.41 bits per heavy atom. The van der Waals surface area contributed by atoms with Crippen molar-refractivity contribution in [1.29, 1.82) is 0 Å². The normalized spacial score (nSPS) is 15.7. The summed E-state index contributed by atoms with van der Waals surface area (Å²) in [6.07, 6.45) is 12.8. The molecule has 1 fully saturated rings. The first kappa shape index (κ1) is 36.0. The summed E-state index contributed by atoms with van der Waals surface area (Å²) < 4.78 is 9.60. The zero-order chi connectivity index (χ0) is 39.8. The largest absolute Gasteiger partial charge is 0.456 e. The highest BCUT2D eigenvalue weighted by atomic mass is 32.1. The fraction of sp³-hybridized carbons (Fsp3) is 0.179. The zero-order valence-electron chi connectivity index (χ0n) is 34.0. The van der Waals surface area contributed by atoms with Gasteiger partial charge in [0.2, 0.25) is 0 Å². The van der Waals surface area contributed by atoms with E-state index < -0.39 is 0 Å². The molecular formula is C56H47NOS. The number of hydrogen-bond donors (Lipinski definition) is 0. The van der Waals surface area contributed by atoms with Crippen LogP contribution in [-0.4, -0.2) is 0 Å². The first-order chi connectivity index (χ1) is 28.9. The van der Waals surface area contributed by atoms with E-state index in [-0.39, 0.29) is 5.41 Å². The van der Waals surface area contributed by atoms with E-state index in [1.165, 1.54) is 113 Å². The van der Waals surface area contributed by atoms with Crippen LogP contribution >= 0.6 is 11.3 Å². The summed E-state index contributed by atoms with van der Waals surface area (Å²) in [5.74, 6) is 0.554. The molecule has 2 aliphatic carbocycles. The zero-order valence-corrected chi connectivity index (χ0v) is 34.8. The molecule has 1 saturated carbocycles. The van der Waals surface area contributed by atoms with Crippen molar-refractivity contribution in [3.05, 3.63) is 181 Å². The van der Waals surface area contributed by atoms with Crippen molar-refractivity contribution < 1.29 is 4.42 Å². The summed E-state index contributed by atoms with van der Waals surface area (Å²) in [5, 5.41) is 7.42. The van der Waals surface area contributed by atoms with Crippen LogP contribution in [0.3, 0.4) is 0 Å². The number of hydrogen-bond acceptors (Lipinski definition) is 3. The third-order valence-corrected chi connectivity index (χ3v) is 14.5. The molecule has 2 nitrogen and oxygen atoms in total. The highest BCUT2D eigenvalue weighted by Gasteiger charge is 2.36. The summed E-state index contributed by atoms with van der Waals surface area (Å²) in [4.78, 5) is 2.48. The van der Waals surface area contributed by atoms with E-state index in [0.717, 1.165) is 28.2 Å². The van der Waals surface area contributed by atoms with E-state index in [2.05, 4.69) is 178 Å². The van der Waals surface area contributed by atoms with Crippen LogP contribution in [0.25, 0.3) is 69.6 Å². The third-order valence-electron chi connectivity index (χ3n) is 13.3. The standard InChI is InChI=1S/C56H47NOS/c1-5-15-49-41(6-2)43-28-25-39(33-50(43)56(49,3)4)57(40-26-29-44-47-22-14-21-42(35-16-8-7-9-17-35)55(47)58-52(44)34-40)51-31-37-19-11-10-18-36(37)30-48(51)38-24-27-46-45-20-12-13-23-53(45)59-54(46)32-38/h5-6,10-15,18-35H,2,7-9,16-17H2,1,3-4H3/b15-5-. The molecule has 0 N–H and O–H groups in total. The molecule has 288 valence electrons. The lowest BCUT2D eigenvalue weighted by molar-refractivity contribution is 0.442. The van der Waals surface area contributed by atoms with Crippen LogP contribution in [0.5, 0.6) is 0 Å². The summed E-state index contributed by atoms with van der Waals surface area (Å²) in [6, 6.07) is 50.0. The van der Waals surface area contributed by atoms with Gasteiger partial charge in [-0.2, -0.15) is 0 Å². The molecule has 11 rings (SSSR count). The van der Waals surface area contributed by atoms with Crippen molar-refractivity contribution in [3.8, 4) is 11.1 Å². The number of rotatable bonds is 7. The monoisotopic (exact) mass is 781 g/mol. The van der Waals surface area contributed by atoms with Crippen LogP contribution in [0.1, 0.15) is 75.5 Å². The van der Waals surface area contributed by atoms with Gasteiger partial charge in [0, 0.05) is 59.4 Å². The Morgan fingerprint density at radius 1 is 0.678 bits per heavy atom. The minimum atomic E-state index is -0.205. The number of nitrogens with zero attached hydrogens (tertiary/aromatic N) is 1. The number of thiophene rings is 1. The van der Waals surface area contributed by atoms with E-state index in [1.54, 1.807) is 0 Å². The van der Waals surface area contributed by atoms with Gasteiger partial charge in [-0.25, -0.2) is 0 Å². The maximum absolute atomic E-state index is 6.99. The third kappa shape index (κ3) is 5.74. The molecular weight excluding hydrogens is 735 g/mol. The van der Waals surface area contributed by atoms with Gasteiger partial charge in [0.25, 0.3) is 0 Å². The summed E-state index contributed by atoms with van der Waals surface area (Å²) >= 11 is 1.87. The van der Waals surface area contributed by atoms with Crippen molar-refractivity contribution in [2.45, 2.75) is 64.2 Å². The summed E-state index contributed by atoms with van der Waals surface area (Å²) in [7, 11) is 0. The van der Waals surface area contributed by atoms with Gasteiger partial charge in [-0.05, 0) is 118 Å². The SMILES string of the molecule is C=CC1=C(/C=C\C)C(C)(C)c2cc(N(c3ccc4c(c3)oc3c(C5CCCCC5)cccc34)c3cc4ccccc4cc3-c3ccc4c(c3)sc3ccccc34)ccc21. The predicted molar refractivity (Wildman–Crippen MR) is 255 cm³/mol. The number of anilines is 3. The molecule has 2 aromatic heterocycles. The van der Waals surface area contributed by atoms with E-state index in [0.29, 0.717) is 5.92 Å². The van der Waals surface area contributed by atoms with Crippen LogP contribution in [0, 0.1) is 0 Å². The van der Waals surface area contributed by atoms with Gasteiger partial charge in [0.15, 0.2) is 0 Å². The Morgan fingerprint density at radius 3 is 2.24 bits per heavy atom. The molecule has 0 saturated heterocycles. The quantitative estimate of drug-likeness (QED) is 0.160. The van der Waals surface area contributed by atoms with Crippen molar-refractivity contribution in [1.82, 2.24) is 0 Å². The highest BCUT2D eigenvalue weighted by molar-refractivity contribution is 7.25. The van der Waals surface area contributed by atoms with Crippen molar-refractivity contribution in [2.75, 3.05) is 4.90 Å². The van der Waals surface area contributed by atoms with Gasteiger partial charge >= 0.3 is 0 Å². The lowest BCUT2D eigenvalue weighted by Gasteiger charge is -2.30. The van der Waals surface area contributed by atoms with Crippen molar-refractivity contribution in [3.63, 3.8) is 0 Å². The average molecular weight is 782 g/mol. The molecule has 0 atom stereocenters. The molecule has 2 heterocycles. The Balaban J connectivity index is 1.16.